The fourth-order valence-electron chi connectivity index (χ4n) is 3.60. The fourth-order valence-corrected chi connectivity index (χ4v) is 3.96. The first-order valence-electron chi connectivity index (χ1n) is 9.68. The number of aryl methyl sites for hydroxylation is 1. The SMILES string of the molecule is CCC(C)(C)N(C(=O)c1cccc(C)c1)C1CC(=O)N(c2ccc(I)cc2)C1=O. The van der Waals surface area contributed by atoms with Gasteiger partial charge in [-0.05, 0) is 86.2 Å². The van der Waals surface area contributed by atoms with Crippen LogP contribution in [-0.4, -0.2) is 34.2 Å². The molecule has 5 nitrogen and oxygen atoms in total. The molecule has 29 heavy (non-hydrogen) atoms. The van der Waals surface area contributed by atoms with Gasteiger partial charge in [0.1, 0.15) is 6.04 Å². The summed E-state index contributed by atoms with van der Waals surface area (Å²) < 4.78 is 1.02. The first-order chi connectivity index (χ1) is 13.7. The Hall–Kier alpha value is -2.22. The predicted octanol–water partition coefficient (Wildman–Crippen LogP) is 4.56. The Labute approximate surface area is 185 Å². The molecule has 0 bridgehead atoms. The molecule has 3 rings (SSSR count). The van der Waals surface area contributed by atoms with Crippen molar-refractivity contribution in [3.05, 3.63) is 63.2 Å². The van der Waals surface area contributed by atoms with Crippen molar-refractivity contribution >= 4 is 46.0 Å². The maximum atomic E-state index is 13.5. The van der Waals surface area contributed by atoms with E-state index in [1.807, 2.05) is 58.0 Å². The van der Waals surface area contributed by atoms with Gasteiger partial charge in [-0.1, -0.05) is 24.6 Å². The zero-order chi connectivity index (χ0) is 21.3. The second-order valence-electron chi connectivity index (χ2n) is 7.97. The van der Waals surface area contributed by atoms with Gasteiger partial charge in [0.15, 0.2) is 0 Å². The van der Waals surface area contributed by atoms with Gasteiger partial charge in [-0.15, -0.1) is 0 Å². The molecule has 152 valence electrons. The van der Waals surface area contributed by atoms with Crippen LogP contribution in [0.1, 0.15) is 49.5 Å². The molecule has 0 spiro atoms. The number of carbonyl (C=O) groups is 3. The summed E-state index contributed by atoms with van der Waals surface area (Å²) in [6.45, 7) is 7.78. The van der Waals surface area contributed by atoms with Crippen molar-refractivity contribution in [2.24, 2.45) is 0 Å². The number of hydrogen-bond donors (Lipinski definition) is 0. The zero-order valence-corrected chi connectivity index (χ0v) is 19.3. The summed E-state index contributed by atoms with van der Waals surface area (Å²) in [5, 5.41) is 0. The van der Waals surface area contributed by atoms with Gasteiger partial charge in [-0.2, -0.15) is 0 Å². The van der Waals surface area contributed by atoms with Crippen molar-refractivity contribution in [2.75, 3.05) is 4.90 Å². The van der Waals surface area contributed by atoms with Crippen LogP contribution in [0.25, 0.3) is 0 Å². The van der Waals surface area contributed by atoms with Gasteiger partial charge in [-0.25, -0.2) is 4.90 Å². The van der Waals surface area contributed by atoms with E-state index in [2.05, 4.69) is 22.6 Å². The third-order valence-electron chi connectivity index (χ3n) is 5.52. The Morgan fingerprint density at radius 1 is 1.17 bits per heavy atom. The summed E-state index contributed by atoms with van der Waals surface area (Å²) in [7, 11) is 0. The fraction of sp³-hybridized carbons (Fsp3) is 0.348. The molecule has 2 aromatic carbocycles. The highest BCUT2D eigenvalue weighted by molar-refractivity contribution is 14.1. The predicted molar refractivity (Wildman–Crippen MR) is 122 cm³/mol. The molecule has 1 heterocycles. The zero-order valence-electron chi connectivity index (χ0n) is 17.1. The standard InChI is InChI=1S/C23H25IN2O3/c1-5-23(3,4)26(21(28)16-8-6-7-15(2)13-16)19-14-20(27)25(22(19)29)18-11-9-17(24)10-12-18/h6-13,19H,5,14H2,1-4H3. The van der Waals surface area contributed by atoms with Gasteiger partial charge in [0.25, 0.3) is 11.8 Å². The van der Waals surface area contributed by atoms with Crippen LogP contribution < -0.4 is 4.90 Å². The van der Waals surface area contributed by atoms with Crippen molar-refractivity contribution in [1.82, 2.24) is 4.90 Å². The van der Waals surface area contributed by atoms with Crippen molar-refractivity contribution in [2.45, 2.75) is 52.1 Å². The summed E-state index contributed by atoms with van der Waals surface area (Å²) >= 11 is 2.18. The smallest absolute Gasteiger partial charge is 0.257 e. The van der Waals surface area contributed by atoms with E-state index in [9.17, 15) is 14.4 Å². The van der Waals surface area contributed by atoms with Gasteiger partial charge in [0.05, 0.1) is 12.1 Å². The lowest BCUT2D eigenvalue weighted by atomic mass is 9.94. The maximum absolute atomic E-state index is 13.5. The summed E-state index contributed by atoms with van der Waals surface area (Å²) in [4.78, 5) is 42.4. The summed E-state index contributed by atoms with van der Waals surface area (Å²) in [5.74, 6) is -0.856. The van der Waals surface area contributed by atoms with Crippen LogP contribution in [0.15, 0.2) is 48.5 Å². The Morgan fingerprint density at radius 3 is 2.41 bits per heavy atom. The molecule has 6 heteroatoms. The average Bonchev–Trinajstić information content (AvgIpc) is 2.96. The lowest BCUT2D eigenvalue weighted by Gasteiger charge is -2.41. The van der Waals surface area contributed by atoms with E-state index in [1.165, 1.54) is 4.90 Å². The van der Waals surface area contributed by atoms with Crippen LogP contribution in [0.2, 0.25) is 0 Å². The van der Waals surface area contributed by atoms with Crippen molar-refractivity contribution in [3.8, 4) is 0 Å². The van der Waals surface area contributed by atoms with Gasteiger partial charge >= 0.3 is 0 Å². The van der Waals surface area contributed by atoms with Crippen LogP contribution in [0.5, 0.6) is 0 Å². The van der Waals surface area contributed by atoms with Gasteiger partial charge in [0, 0.05) is 14.7 Å². The van der Waals surface area contributed by atoms with Crippen molar-refractivity contribution < 1.29 is 14.4 Å². The first-order valence-corrected chi connectivity index (χ1v) is 10.8. The number of anilines is 1. The van der Waals surface area contributed by atoms with E-state index in [1.54, 1.807) is 23.1 Å². The number of carbonyl (C=O) groups excluding carboxylic acids is 3. The quantitative estimate of drug-likeness (QED) is 0.443. The molecule has 1 atom stereocenters. The van der Waals surface area contributed by atoms with E-state index in [0.29, 0.717) is 17.7 Å². The van der Waals surface area contributed by atoms with Crippen molar-refractivity contribution in [1.29, 1.82) is 0 Å². The topological polar surface area (TPSA) is 57.7 Å². The molecule has 0 saturated carbocycles. The third-order valence-corrected chi connectivity index (χ3v) is 6.24. The van der Waals surface area contributed by atoms with Gasteiger partial charge < -0.3 is 4.90 Å². The minimum absolute atomic E-state index is 0.00813. The van der Waals surface area contributed by atoms with E-state index in [0.717, 1.165) is 9.13 Å². The molecule has 0 N–H and O–H groups in total. The van der Waals surface area contributed by atoms with E-state index in [-0.39, 0.29) is 24.1 Å². The molecule has 1 fully saturated rings. The number of amides is 3. The average molecular weight is 504 g/mol. The number of halogens is 1. The van der Waals surface area contributed by atoms with Crippen LogP contribution in [0, 0.1) is 10.5 Å². The second-order valence-corrected chi connectivity index (χ2v) is 9.22. The Bertz CT molecular complexity index is 953. The number of rotatable bonds is 5. The van der Waals surface area contributed by atoms with Crippen molar-refractivity contribution in [3.63, 3.8) is 0 Å². The molecule has 1 unspecified atom stereocenters. The first kappa shape index (κ1) is 21.5. The van der Waals surface area contributed by atoms with Crippen LogP contribution in [-0.2, 0) is 9.59 Å². The molecule has 1 aliphatic heterocycles. The summed E-state index contributed by atoms with van der Waals surface area (Å²) in [6, 6.07) is 13.8. The lowest BCUT2D eigenvalue weighted by Crippen LogP contribution is -2.55. The van der Waals surface area contributed by atoms with Crippen LogP contribution in [0.3, 0.4) is 0 Å². The molecule has 3 amide bonds. The minimum Gasteiger partial charge on any atom is -0.321 e. The molecule has 0 aromatic heterocycles. The third kappa shape index (κ3) is 4.22. The number of benzene rings is 2. The molecule has 0 radical (unpaired) electrons. The lowest BCUT2D eigenvalue weighted by molar-refractivity contribution is -0.123. The second kappa shape index (κ2) is 8.26. The number of imide groups is 1. The monoisotopic (exact) mass is 504 g/mol. The molecular weight excluding hydrogens is 479 g/mol. The van der Waals surface area contributed by atoms with Crippen LogP contribution >= 0.6 is 22.6 Å². The number of nitrogens with zero attached hydrogens (tertiary/aromatic N) is 2. The Kier molecular flexibility index (Phi) is 6.12. The van der Waals surface area contributed by atoms with Crippen LogP contribution in [0.4, 0.5) is 5.69 Å². The minimum atomic E-state index is -0.815. The number of hydrogen-bond acceptors (Lipinski definition) is 3. The molecule has 1 aliphatic rings. The molecular formula is C23H25IN2O3. The molecule has 2 aromatic rings. The van der Waals surface area contributed by atoms with E-state index < -0.39 is 11.6 Å². The molecule has 1 saturated heterocycles. The highest BCUT2D eigenvalue weighted by atomic mass is 127. The maximum Gasteiger partial charge on any atom is 0.257 e. The Balaban J connectivity index is 2.00. The summed E-state index contributed by atoms with van der Waals surface area (Å²) in [6.07, 6.45) is 0.651. The highest BCUT2D eigenvalue weighted by Gasteiger charge is 2.48. The molecule has 0 aliphatic carbocycles. The van der Waals surface area contributed by atoms with Gasteiger partial charge in [0.2, 0.25) is 5.91 Å². The largest absolute Gasteiger partial charge is 0.321 e. The van der Waals surface area contributed by atoms with Gasteiger partial charge in [-0.3, -0.25) is 14.4 Å². The summed E-state index contributed by atoms with van der Waals surface area (Å²) in [5.41, 5.74) is 1.46. The van der Waals surface area contributed by atoms with E-state index in [4.69, 9.17) is 0 Å². The van der Waals surface area contributed by atoms with E-state index >= 15 is 0 Å². The highest BCUT2D eigenvalue weighted by Crippen LogP contribution is 2.32. The Morgan fingerprint density at radius 2 is 1.83 bits per heavy atom. The normalized spacial score (nSPS) is 17.0.